The van der Waals surface area contributed by atoms with Gasteiger partial charge in [0.05, 0.1) is 11.0 Å². The number of pyridine rings is 1. The summed E-state index contributed by atoms with van der Waals surface area (Å²) in [5, 5.41) is 0. The molecule has 0 aliphatic carbocycles. The van der Waals surface area contributed by atoms with Crippen LogP contribution in [0.25, 0.3) is 0 Å². The molecule has 9 heteroatoms. The van der Waals surface area contributed by atoms with Crippen molar-refractivity contribution in [1.29, 1.82) is 0 Å². The first-order valence-corrected chi connectivity index (χ1v) is 14.6. The van der Waals surface area contributed by atoms with E-state index in [9.17, 15) is 18.0 Å². The number of Topliss-reactive ketones (excluding diaryl/α,β-unsaturated/α-hetero) is 1. The number of rotatable bonds is 4. The number of sulfone groups is 1. The summed E-state index contributed by atoms with van der Waals surface area (Å²) in [5.74, 6) is 0.393. The quantitative estimate of drug-likeness (QED) is 0.626. The van der Waals surface area contributed by atoms with Gasteiger partial charge in [0.15, 0.2) is 15.6 Å². The van der Waals surface area contributed by atoms with Gasteiger partial charge in [-0.25, -0.2) is 13.2 Å². The molecule has 3 aliphatic rings. The molecular formula is C27H33N3O5S. The van der Waals surface area contributed by atoms with Gasteiger partial charge in [-0.3, -0.25) is 9.78 Å². The summed E-state index contributed by atoms with van der Waals surface area (Å²) < 4.78 is 30.1. The highest BCUT2D eigenvalue weighted by Crippen LogP contribution is 2.38. The third-order valence-electron chi connectivity index (χ3n) is 7.82. The first-order valence-electron chi connectivity index (χ1n) is 12.7. The summed E-state index contributed by atoms with van der Waals surface area (Å²) in [6.07, 6.45) is 5.96. The Balaban J connectivity index is 1.29. The van der Waals surface area contributed by atoms with Crippen LogP contribution in [-0.2, 0) is 19.4 Å². The zero-order valence-corrected chi connectivity index (χ0v) is 21.4. The van der Waals surface area contributed by atoms with Crippen molar-refractivity contribution in [3.63, 3.8) is 0 Å². The van der Waals surface area contributed by atoms with Crippen molar-refractivity contribution < 1.29 is 22.7 Å². The second-order valence-corrected chi connectivity index (χ2v) is 12.3. The summed E-state index contributed by atoms with van der Waals surface area (Å²) in [5.41, 5.74) is 1.85. The number of nitrogens with zero attached hydrogens (tertiary/aromatic N) is 3. The Kier molecular flexibility index (Phi) is 7.12. The Bertz CT molecular complexity index is 1210. The highest BCUT2D eigenvalue weighted by atomic mass is 32.2. The largest absolute Gasteiger partial charge is 0.370 e. The molecule has 1 aromatic carbocycles. The fraction of sp³-hybridized carbons (Fsp3) is 0.519. The number of benzene rings is 1. The number of ether oxygens (including phenoxy) is 1. The molecule has 3 atom stereocenters. The van der Waals surface area contributed by atoms with Gasteiger partial charge >= 0.3 is 6.03 Å². The van der Waals surface area contributed by atoms with E-state index in [2.05, 4.69) is 4.98 Å². The first kappa shape index (κ1) is 24.9. The SMILES string of the molecule is CS(=O)(=O)c1cccc(C(c2ccccn2)C2CCN(C(=O)N3CC[C@@H]4OCC(=O)C[C@@H]4C3)CC2)c1. The fourth-order valence-electron chi connectivity index (χ4n) is 5.96. The van der Waals surface area contributed by atoms with Crippen molar-refractivity contribution in [2.75, 3.05) is 39.0 Å². The third kappa shape index (κ3) is 5.32. The number of carbonyl (C=O) groups excluding carboxylic acids is 2. The number of piperidine rings is 2. The molecule has 1 unspecified atom stereocenters. The highest BCUT2D eigenvalue weighted by Gasteiger charge is 2.39. The molecule has 0 radical (unpaired) electrons. The number of amides is 2. The molecule has 0 saturated carbocycles. The molecule has 3 aliphatic heterocycles. The minimum absolute atomic E-state index is 0.0402. The van der Waals surface area contributed by atoms with Crippen LogP contribution >= 0.6 is 0 Å². The monoisotopic (exact) mass is 511 g/mol. The zero-order chi connectivity index (χ0) is 25.3. The number of hydrogen-bond acceptors (Lipinski definition) is 6. The van der Waals surface area contributed by atoms with E-state index in [1.54, 1.807) is 24.4 Å². The van der Waals surface area contributed by atoms with Crippen molar-refractivity contribution in [2.45, 2.75) is 42.6 Å². The summed E-state index contributed by atoms with van der Waals surface area (Å²) in [4.78, 5) is 33.9. The molecule has 0 bridgehead atoms. The van der Waals surface area contributed by atoms with Crippen LogP contribution in [0.1, 0.15) is 42.9 Å². The predicted octanol–water partition coefficient (Wildman–Crippen LogP) is 3.13. The van der Waals surface area contributed by atoms with Crippen molar-refractivity contribution in [3.05, 3.63) is 59.9 Å². The lowest BCUT2D eigenvalue weighted by Crippen LogP contribution is -2.54. The summed E-state index contributed by atoms with van der Waals surface area (Å²) in [7, 11) is -3.33. The molecule has 1 aromatic heterocycles. The van der Waals surface area contributed by atoms with Gasteiger partial charge in [-0.2, -0.15) is 0 Å². The van der Waals surface area contributed by atoms with E-state index in [1.807, 2.05) is 34.1 Å². The Labute approximate surface area is 212 Å². The number of urea groups is 1. The van der Waals surface area contributed by atoms with Crippen LogP contribution in [0.3, 0.4) is 0 Å². The molecule has 4 heterocycles. The Hall–Kier alpha value is -2.78. The maximum Gasteiger partial charge on any atom is 0.320 e. The fourth-order valence-corrected chi connectivity index (χ4v) is 6.63. The van der Waals surface area contributed by atoms with Crippen molar-refractivity contribution in [2.24, 2.45) is 11.8 Å². The van der Waals surface area contributed by atoms with Crippen molar-refractivity contribution in [1.82, 2.24) is 14.8 Å². The average Bonchev–Trinajstić information content (AvgIpc) is 2.89. The maximum atomic E-state index is 13.3. The highest BCUT2D eigenvalue weighted by molar-refractivity contribution is 7.90. The third-order valence-corrected chi connectivity index (χ3v) is 8.93. The summed E-state index contributed by atoms with van der Waals surface area (Å²) in [6, 6.07) is 13.0. The van der Waals surface area contributed by atoms with E-state index in [1.165, 1.54) is 6.26 Å². The molecular weight excluding hydrogens is 478 g/mol. The van der Waals surface area contributed by atoms with Crippen LogP contribution in [-0.4, -0.2) is 80.2 Å². The second-order valence-electron chi connectivity index (χ2n) is 10.3. The normalized spacial score (nSPS) is 24.3. The number of aromatic nitrogens is 1. The van der Waals surface area contributed by atoms with Gasteiger partial charge in [0.2, 0.25) is 0 Å². The van der Waals surface area contributed by atoms with Crippen LogP contribution in [0.5, 0.6) is 0 Å². The van der Waals surface area contributed by atoms with Gasteiger partial charge in [0.25, 0.3) is 0 Å². The minimum Gasteiger partial charge on any atom is -0.370 e. The van der Waals surface area contributed by atoms with E-state index >= 15 is 0 Å². The average molecular weight is 512 g/mol. The molecule has 0 spiro atoms. The van der Waals surface area contributed by atoms with E-state index < -0.39 is 9.84 Å². The number of hydrogen-bond donors (Lipinski definition) is 0. The molecule has 0 N–H and O–H groups in total. The lowest BCUT2D eigenvalue weighted by molar-refractivity contribution is -0.140. The van der Waals surface area contributed by atoms with Gasteiger partial charge in [-0.15, -0.1) is 0 Å². The van der Waals surface area contributed by atoms with E-state index in [-0.39, 0.29) is 42.3 Å². The number of ketones is 1. The summed E-state index contributed by atoms with van der Waals surface area (Å²) in [6.45, 7) is 2.71. The van der Waals surface area contributed by atoms with Crippen LogP contribution in [0.4, 0.5) is 4.79 Å². The second kappa shape index (κ2) is 10.3. The Morgan fingerprint density at radius 3 is 2.56 bits per heavy atom. The van der Waals surface area contributed by atoms with E-state index in [0.29, 0.717) is 37.5 Å². The van der Waals surface area contributed by atoms with Gasteiger partial charge in [0.1, 0.15) is 6.61 Å². The van der Waals surface area contributed by atoms with Gasteiger partial charge < -0.3 is 14.5 Å². The van der Waals surface area contributed by atoms with Gasteiger partial charge in [-0.1, -0.05) is 18.2 Å². The number of likely N-dealkylation sites (tertiary alicyclic amines) is 2. The number of carbonyl (C=O) groups is 2. The zero-order valence-electron chi connectivity index (χ0n) is 20.6. The predicted molar refractivity (Wildman–Crippen MR) is 134 cm³/mol. The standard InChI is InChI=1S/C27H33N3O5S/c1-36(33,34)23-6-4-5-20(16-23)26(24-7-2-3-11-28-24)19-8-12-29(13-9-19)27(32)30-14-10-25-21(17-30)15-22(31)18-35-25/h2-7,11,16,19,21,25-26H,8-10,12-15,17-18H2,1H3/t21-,25+,26?/m1/s1. The topological polar surface area (TPSA) is 96.9 Å². The van der Waals surface area contributed by atoms with Gasteiger partial charge in [-0.05, 0) is 55.0 Å². The van der Waals surface area contributed by atoms with E-state index in [4.69, 9.17) is 4.74 Å². The van der Waals surface area contributed by atoms with E-state index in [0.717, 1.165) is 30.5 Å². The van der Waals surface area contributed by atoms with Crippen LogP contribution in [0.15, 0.2) is 53.6 Å². The lowest BCUT2D eigenvalue weighted by atomic mass is 9.78. The van der Waals surface area contributed by atoms with Crippen molar-refractivity contribution in [3.8, 4) is 0 Å². The van der Waals surface area contributed by atoms with Crippen LogP contribution in [0, 0.1) is 11.8 Å². The van der Waals surface area contributed by atoms with Crippen LogP contribution in [0.2, 0.25) is 0 Å². The molecule has 192 valence electrons. The maximum absolute atomic E-state index is 13.3. The molecule has 8 nitrogen and oxygen atoms in total. The van der Waals surface area contributed by atoms with Crippen LogP contribution < -0.4 is 0 Å². The molecule has 3 saturated heterocycles. The van der Waals surface area contributed by atoms with Crippen molar-refractivity contribution >= 4 is 21.7 Å². The number of fused-ring (bicyclic) bond motifs is 1. The molecule has 36 heavy (non-hydrogen) atoms. The molecule has 5 rings (SSSR count). The first-order chi connectivity index (χ1) is 17.3. The Morgan fingerprint density at radius 2 is 1.83 bits per heavy atom. The molecule has 3 fully saturated rings. The molecule has 2 amide bonds. The smallest absolute Gasteiger partial charge is 0.320 e. The Morgan fingerprint density at radius 1 is 1.06 bits per heavy atom. The summed E-state index contributed by atoms with van der Waals surface area (Å²) >= 11 is 0. The minimum atomic E-state index is -3.33. The molecule has 2 aromatic rings. The van der Waals surface area contributed by atoms with Gasteiger partial charge in [0, 0.05) is 62.6 Å². The lowest BCUT2D eigenvalue weighted by Gasteiger charge is -2.43.